The van der Waals surface area contributed by atoms with Crippen molar-refractivity contribution >= 4 is 0 Å². The zero-order valence-electron chi connectivity index (χ0n) is 11.8. The molecule has 0 radical (unpaired) electrons. The van der Waals surface area contributed by atoms with Crippen LogP contribution in [-0.2, 0) is 26.2 Å². The Morgan fingerprint density at radius 3 is 1.06 bits per heavy atom. The molecule has 0 aliphatic carbocycles. The summed E-state index contributed by atoms with van der Waals surface area (Å²) in [6.07, 6.45) is 0. The van der Waals surface area contributed by atoms with Crippen LogP contribution in [0, 0.1) is 41.5 Å². The van der Waals surface area contributed by atoms with Gasteiger partial charge in [-0.15, -0.1) is 0 Å². The maximum atomic E-state index is 2.16. The van der Waals surface area contributed by atoms with Crippen LogP contribution in [0.15, 0.2) is 24.3 Å². The van der Waals surface area contributed by atoms with Crippen molar-refractivity contribution in [3.05, 3.63) is 57.6 Å². The van der Waals surface area contributed by atoms with Gasteiger partial charge in [0.2, 0.25) is 0 Å². The summed E-state index contributed by atoms with van der Waals surface area (Å²) in [5.41, 5.74) is 8.49. The molecule has 17 heavy (non-hydrogen) atoms. The fourth-order valence-electron chi connectivity index (χ4n) is 1.62. The summed E-state index contributed by atoms with van der Waals surface area (Å²) >= 11 is 0. The molecule has 0 saturated heterocycles. The molecule has 90 valence electrons. The van der Waals surface area contributed by atoms with Gasteiger partial charge in [0.05, 0.1) is 0 Å². The summed E-state index contributed by atoms with van der Waals surface area (Å²) < 4.78 is 0. The van der Waals surface area contributed by atoms with E-state index in [0.717, 1.165) is 0 Å². The van der Waals surface area contributed by atoms with Gasteiger partial charge in [0.25, 0.3) is 0 Å². The van der Waals surface area contributed by atoms with Crippen LogP contribution in [0.4, 0.5) is 0 Å². The fourth-order valence-corrected chi connectivity index (χ4v) is 1.62. The molecule has 0 amide bonds. The van der Waals surface area contributed by atoms with Crippen molar-refractivity contribution in [2.75, 3.05) is 0 Å². The van der Waals surface area contributed by atoms with Crippen molar-refractivity contribution in [1.29, 1.82) is 0 Å². The van der Waals surface area contributed by atoms with Gasteiger partial charge >= 0.3 is 26.2 Å². The molecule has 0 aliphatic heterocycles. The molecule has 0 atom stereocenters. The van der Waals surface area contributed by atoms with E-state index in [1.54, 1.807) is 0 Å². The zero-order chi connectivity index (χ0) is 12.3. The van der Waals surface area contributed by atoms with Crippen molar-refractivity contribution in [2.45, 2.75) is 41.5 Å². The Morgan fingerprint density at radius 2 is 1.00 bits per heavy atom. The predicted molar refractivity (Wildman–Crippen MR) is 72.5 cm³/mol. The van der Waals surface area contributed by atoms with E-state index in [2.05, 4.69) is 65.8 Å². The summed E-state index contributed by atoms with van der Waals surface area (Å²) in [5, 5.41) is 0. The molecule has 2 rings (SSSR count). The molecule has 0 spiro atoms. The number of hydrogen-bond acceptors (Lipinski definition) is 0. The van der Waals surface area contributed by atoms with Gasteiger partial charge < -0.3 is 0 Å². The third-order valence-electron chi connectivity index (χ3n) is 3.53. The second kappa shape index (κ2) is 7.11. The molecule has 0 aliphatic rings. The Hall–Kier alpha value is -0.417. The van der Waals surface area contributed by atoms with Gasteiger partial charge in [0.1, 0.15) is 0 Å². The number of aryl methyl sites for hydroxylation is 4. The van der Waals surface area contributed by atoms with E-state index < -0.39 is 0 Å². The van der Waals surface area contributed by atoms with E-state index in [1.165, 1.54) is 33.4 Å². The van der Waals surface area contributed by atoms with Crippen molar-refractivity contribution in [3.63, 3.8) is 0 Å². The number of rotatable bonds is 0. The van der Waals surface area contributed by atoms with Crippen LogP contribution in [0.2, 0.25) is 0 Å². The second-order valence-electron chi connectivity index (χ2n) is 4.65. The van der Waals surface area contributed by atoms with E-state index in [9.17, 15) is 0 Å². The Morgan fingerprint density at radius 1 is 0.706 bits per heavy atom. The minimum absolute atomic E-state index is 0. The first kappa shape index (κ1) is 16.6. The maximum Gasteiger partial charge on any atom is 2.00 e. The summed E-state index contributed by atoms with van der Waals surface area (Å²) in [4.78, 5) is 0. The van der Waals surface area contributed by atoms with Crippen LogP contribution in [0.3, 0.4) is 0 Å². The number of hydrogen-bond donors (Lipinski definition) is 0. The minimum Gasteiger partial charge on any atom is -0.210 e. The third kappa shape index (κ3) is 4.39. The van der Waals surface area contributed by atoms with Crippen molar-refractivity contribution < 1.29 is 26.2 Å². The molecule has 0 saturated carbocycles. The molecule has 2 aromatic carbocycles. The van der Waals surface area contributed by atoms with E-state index in [1.807, 2.05) is 0 Å². The van der Waals surface area contributed by atoms with E-state index >= 15 is 0 Å². The van der Waals surface area contributed by atoms with Gasteiger partial charge in [-0.2, -0.15) is 45.5 Å². The maximum absolute atomic E-state index is 2.16. The topological polar surface area (TPSA) is 0 Å². The summed E-state index contributed by atoms with van der Waals surface area (Å²) in [5.74, 6) is 0. The molecular formula is C16H22Zr. The first-order valence-electron chi connectivity index (χ1n) is 5.82. The van der Waals surface area contributed by atoms with Crippen LogP contribution in [0.5, 0.6) is 0 Å². The largest absolute Gasteiger partial charge is 2.00 e. The molecule has 0 unspecified atom stereocenters. The van der Waals surface area contributed by atoms with Crippen LogP contribution in [-0.4, -0.2) is 0 Å². The molecule has 0 bridgehead atoms. The van der Waals surface area contributed by atoms with E-state index in [-0.39, 0.29) is 26.2 Å². The molecule has 1 heteroatoms. The van der Waals surface area contributed by atoms with Crippen LogP contribution < -0.4 is 0 Å². The zero-order valence-corrected chi connectivity index (χ0v) is 14.3. The smallest absolute Gasteiger partial charge is 0.210 e. The van der Waals surface area contributed by atoms with Gasteiger partial charge in [-0.1, -0.05) is 41.5 Å². The second-order valence-corrected chi connectivity index (χ2v) is 4.65. The Bertz CT molecular complexity index is 375. The minimum atomic E-state index is 0. The van der Waals surface area contributed by atoms with Gasteiger partial charge in [0.15, 0.2) is 0 Å². The molecule has 0 nitrogen and oxygen atoms in total. The summed E-state index contributed by atoms with van der Waals surface area (Å²) in [6.45, 7) is 12.9. The van der Waals surface area contributed by atoms with Crippen molar-refractivity contribution in [1.82, 2.24) is 0 Å². The molecular weight excluding hydrogens is 283 g/mol. The third-order valence-corrected chi connectivity index (χ3v) is 3.53. The van der Waals surface area contributed by atoms with Crippen LogP contribution in [0.1, 0.15) is 33.4 Å². The molecule has 0 aromatic heterocycles. The van der Waals surface area contributed by atoms with Crippen LogP contribution >= 0.6 is 0 Å². The Balaban J connectivity index is 0.000000284. The van der Waals surface area contributed by atoms with Gasteiger partial charge in [-0.25, -0.2) is 12.1 Å². The standard InChI is InChI=1S/2C8H11.Zr/c2*1-6-4-5-7(2)8(6)3;/h2*4-5H,1-3H3;/q2*-1;+2. The van der Waals surface area contributed by atoms with Crippen molar-refractivity contribution in [3.8, 4) is 0 Å². The fraction of sp³-hybridized carbons (Fsp3) is 0.375. The van der Waals surface area contributed by atoms with E-state index in [4.69, 9.17) is 0 Å². The first-order chi connectivity index (χ1) is 7.43. The molecule has 0 fully saturated rings. The average Bonchev–Trinajstić information content (AvgIpc) is 2.70. The molecule has 0 heterocycles. The quantitative estimate of drug-likeness (QED) is 0.621. The average molecular weight is 306 g/mol. The predicted octanol–water partition coefficient (Wildman–Crippen LogP) is 4.66. The normalized spacial score (nSPS) is 9.29. The van der Waals surface area contributed by atoms with Gasteiger partial charge in [0, 0.05) is 0 Å². The monoisotopic (exact) mass is 304 g/mol. The molecule has 0 N–H and O–H groups in total. The molecule has 2 aromatic rings. The van der Waals surface area contributed by atoms with Gasteiger partial charge in [-0.3, -0.25) is 0 Å². The van der Waals surface area contributed by atoms with E-state index in [0.29, 0.717) is 0 Å². The summed E-state index contributed by atoms with van der Waals surface area (Å²) in [6, 6.07) is 8.63. The first-order valence-corrected chi connectivity index (χ1v) is 5.82. The van der Waals surface area contributed by atoms with Crippen LogP contribution in [0.25, 0.3) is 0 Å². The Kier molecular flexibility index (Phi) is 6.94. The Labute approximate surface area is 125 Å². The summed E-state index contributed by atoms with van der Waals surface area (Å²) in [7, 11) is 0. The van der Waals surface area contributed by atoms with Gasteiger partial charge in [-0.05, 0) is 0 Å². The SMILES string of the molecule is Cc1cc[c-](C)c1C.Cc1cc[c-](C)c1C.[Zr+2]. The van der Waals surface area contributed by atoms with Crippen molar-refractivity contribution in [2.24, 2.45) is 0 Å².